The zero-order valence-electron chi connectivity index (χ0n) is 16.7. The van der Waals surface area contributed by atoms with Gasteiger partial charge in [-0.1, -0.05) is 25.2 Å². The Morgan fingerprint density at radius 2 is 2.21 bits per heavy atom. The van der Waals surface area contributed by atoms with E-state index in [1.54, 1.807) is 4.90 Å². The summed E-state index contributed by atoms with van der Waals surface area (Å²) < 4.78 is 6.52. The van der Waals surface area contributed by atoms with E-state index >= 15 is 0 Å². The fourth-order valence-electron chi connectivity index (χ4n) is 3.86. The van der Waals surface area contributed by atoms with Crippen molar-refractivity contribution in [1.29, 1.82) is 0 Å². The summed E-state index contributed by atoms with van der Waals surface area (Å²) in [4.78, 5) is 31.4. The Kier molecular flexibility index (Phi) is 5.04. The molecule has 150 valence electrons. The van der Waals surface area contributed by atoms with Crippen LogP contribution < -0.4 is 15.0 Å². The molecular formula is C21H27N3O3S. The van der Waals surface area contributed by atoms with Gasteiger partial charge in [0.25, 0.3) is 0 Å². The summed E-state index contributed by atoms with van der Waals surface area (Å²) >= 11 is 1.47. The van der Waals surface area contributed by atoms with E-state index in [0.29, 0.717) is 24.2 Å². The van der Waals surface area contributed by atoms with Crippen molar-refractivity contribution >= 4 is 38.5 Å². The van der Waals surface area contributed by atoms with Crippen molar-refractivity contribution in [2.75, 3.05) is 24.6 Å². The molecule has 1 aromatic heterocycles. The summed E-state index contributed by atoms with van der Waals surface area (Å²) in [5.41, 5.74) is 1.11. The SMILES string of the molecule is CCOc1ccc2nc(N3CC(C(=O)NCC4(C(C)C)CC4)CC3=O)sc2c1. The molecule has 2 heterocycles. The molecule has 1 saturated carbocycles. The number of amides is 2. The number of nitrogens with one attached hydrogen (secondary N) is 1. The number of thiazole rings is 1. The fourth-order valence-corrected chi connectivity index (χ4v) is 4.88. The lowest BCUT2D eigenvalue weighted by Crippen LogP contribution is -2.37. The van der Waals surface area contributed by atoms with Gasteiger partial charge in [-0.3, -0.25) is 14.5 Å². The van der Waals surface area contributed by atoms with Crippen molar-refractivity contribution in [3.05, 3.63) is 18.2 Å². The lowest BCUT2D eigenvalue weighted by molar-refractivity contribution is -0.126. The molecular weight excluding hydrogens is 374 g/mol. The minimum Gasteiger partial charge on any atom is -0.494 e. The molecule has 2 aromatic rings. The van der Waals surface area contributed by atoms with Crippen LogP contribution >= 0.6 is 11.3 Å². The Morgan fingerprint density at radius 3 is 2.89 bits per heavy atom. The Labute approximate surface area is 169 Å². The molecule has 4 rings (SSSR count). The number of hydrogen-bond donors (Lipinski definition) is 1. The molecule has 7 heteroatoms. The highest BCUT2D eigenvalue weighted by Gasteiger charge is 2.46. The number of aromatic nitrogens is 1. The average Bonchev–Trinajstić information content (AvgIpc) is 3.20. The van der Waals surface area contributed by atoms with Crippen molar-refractivity contribution in [2.45, 2.75) is 40.0 Å². The second-order valence-corrected chi connectivity index (χ2v) is 9.21. The Balaban J connectivity index is 1.43. The first kappa shape index (κ1) is 19.2. The minimum atomic E-state index is -0.304. The first-order chi connectivity index (χ1) is 13.4. The zero-order valence-corrected chi connectivity index (χ0v) is 17.5. The molecule has 28 heavy (non-hydrogen) atoms. The van der Waals surface area contributed by atoms with Gasteiger partial charge in [0.05, 0.1) is 22.7 Å². The van der Waals surface area contributed by atoms with Crippen LogP contribution in [0.15, 0.2) is 18.2 Å². The molecule has 1 atom stereocenters. The van der Waals surface area contributed by atoms with E-state index in [2.05, 4.69) is 24.1 Å². The monoisotopic (exact) mass is 401 g/mol. The predicted molar refractivity (Wildman–Crippen MR) is 111 cm³/mol. The standard InChI is InChI=1S/C21H27N3O3S/c1-4-27-15-5-6-16-17(10-15)28-20(23-16)24-11-14(9-18(24)25)19(26)22-12-21(7-8-21)13(2)3/h5-6,10,13-14H,4,7-9,11-12H2,1-3H3,(H,22,26). The summed E-state index contributed by atoms with van der Waals surface area (Å²) in [6, 6.07) is 5.75. The molecule has 1 aromatic carbocycles. The lowest BCUT2D eigenvalue weighted by Gasteiger charge is -2.21. The number of nitrogens with zero attached hydrogens (tertiary/aromatic N) is 2. The fraction of sp³-hybridized carbons (Fsp3) is 0.571. The van der Waals surface area contributed by atoms with Crippen LogP contribution in [0.3, 0.4) is 0 Å². The highest BCUT2D eigenvalue weighted by atomic mass is 32.1. The zero-order chi connectivity index (χ0) is 19.9. The van der Waals surface area contributed by atoms with Crippen LogP contribution in [-0.2, 0) is 9.59 Å². The third kappa shape index (κ3) is 3.60. The maximum Gasteiger partial charge on any atom is 0.229 e. The van der Waals surface area contributed by atoms with Crippen LogP contribution in [0, 0.1) is 17.3 Å². The topological polar surface area (TPSA) is 71.5 Å². The van der Waals surface area contributed by atoms with E-state index in [0.717, 1.165) is 22.5 Å². The van der Waals surface area contributed by atoms with Crippen molar-refractivity contribution in [1.82, 2.24) is 10.3 Å². The van der Waals surface area contributed by atoms with E-state index in [4.69, 9.17) is 4.74 Å². The molecule has 1 saturated heterocycles. The smallest absolute Gasteiger partial charge is 0.229 e. The number of ether oxygens (including phenoxy) is 1. The van der Waals surface area contributed by atoms with Gasteiger partial charge in [-0.15, -0.1) is 0 Å². The van der Waals surface area contributed by atoms with Crippen LogP contribution in [0.5, 0.6) is 5.75 Å². The molecule has 0 spiro atoms. The van der Waals surface area contributed by atoms with Crippen molar-refractivity contribution in [3.8, 4) is 5.75 Å². The molecule has 1 aliphatic carbocycles. The van der Waals surface area contributed by atoms with Crippen molar-refractivity contribution in [2.24, 2.45) is 17.3 Å². The number of anilines is 1. The molecule has 6 nitrogen and oxygen atoms in total. The number of carbonyl (C=O) groups excluding carboxylic acids is 2. The summed E-state index contributed by atoms with van der Waals surface area (Å²) in [5.74, 6) is 1.02. The quantitative estimate of drug-likeness (QED) is 0.769. The summed E-state index contributed by atoms with van der Waals surface area (Å²) in [7, 11) is 0. The number of rotatable bonds is 7. The maximum absolute atomic E-state index is 12.6. The molecule has 2 fully saturated rings. The Hall–Kier alpha value is -2.15. The van der Waals surface area contributed by atoms with Gasteiger partial charge in [0.2, 0.25) is 11.8 Å². The third-order valence-electron chi connectivity index (χ3n) is 6.12. The molecule has 0 bridgehead atoms. The van der Waals surface area contributed by atoms with Crippen LogP contribution in [0.4, 0.5) is 5.13 Å². The molecule has 2 aliphatic rings. The molecule has 1 N–H and O–H groups in total. The predicted octanol–water partition coefficient (Wildman–Crippen LogP) is 3.60. The number of benzene rings is 1. The summed E-state index contributed by atoms with van der Waals surface area (Å²) in [5, 5.41) is 3.76. The second-order valence-electron chi connectivity index (χ2n) is 8.20. The molecule has 1 aliphatic heterocycles. The van der Waals surface area contributed by atoms with Crippen LogP contribution in [-0.4, -0.2) is 36.5 Å². The number of fused-ring (bicyclic) bond motifs is 1. The van der Waals surface area contributed by atoms with Gasteiger partial charge in [0.15, 0.2) is 5.13 Å². The van der Waals surface area contributed by atoms with Gasteiger partial charge in [0, 0.05) is 19.5 Å². The Morgan fingerprint density at radius 1 is 1.43 bits per heavy atom. The first-order valence-electron chi connectivity index (χ1n) is 10.0. The molecule has 1 unspecified atom stereocenters. The van der Waals surface area contributed by atoms with E-state index < -0.39 is 0 Å². The number of hydrogen-bond acceptors (Lipinski definition) is 5. The lowest BCUT2D eigenvalue weighted by atomic mass is 9.92. The molecule has 0 radical (unpaired) electrons. The van der Waals surface area contributed by atoms with Crippen LogP contribution in [0.1, 0.15) is 40.0 Å². The minimum absolute atomic E-state index is 0.0116. The highest BCUT2D eigenvalue weighted by Crippen LogP contribution is 2.51. The van der Waals surface area contributed by atoms with Crippen molar-refractivity contribution in [3.63, 3.8) is 0 Å². The van der Waals surface area contributed by atoms with E-state index in [1.165, 1.54) is 24.2 Å². The second kappa shape index (κ2) is 7.35. The van der Waals surface area contributed by atoms with Gasteiger partial charge in [-0.05, 0) is 49.3 Å². The van der Waals surface area contributed by atoms with Crippen LogP contribution in [0.25, 0.3) is 10.2 Å². The van der Waals surface area contributed by atoms with E-state index in [-0.39, 0.29) is 29.6 Å². The van der Waals surface area contributed by atoms with Crippen molar-refractivity contribution < 1.29 is 14.3 Å². The van der Waals surface area contributed by atoms with Gasteiger partial charge in [-0.25, -0.2) is 4.98 Å². The maximum atomic E-state index is 12.6. The Bertz CT molecular complexity index is 903. The largest absolute Gasteiger partial charge is 0.494 e. The summed E-state index contributed by atoms with van der Waals surface area (Å²) in [6.45, 7) is 8.10. The van der Waals surface area contributed by atoms with E-state index in [1.807, 2.05) is 25.1 Å². The van der Waals surface area contributed by atoms with Gasteiger partial charge in [0.1, 0.15) is 5.75 Å². The summed E-state index contributed by atoms with van der Waals surface area (Å²) in [6.07, 6.45) is 2.60. The van der Waals surface area contributed by atoms with E-state index in [9.17, 15) is 9.59 Å². The third-order valence-corrected chi connectivity index (χ3v) is 7.16. The molecule has 2 amide bonds. The van der Waals surface area contributed by atoms with Gasteiger partial charge >= 0.3 is 0 Å². The average molecular weight is 402 g/mol. The number of carbonyl (C=O) groups is 2. The first-order valence-corrected chi connectivity index (χ1v) is 10.8. The highest BCUT2D eigenvalue weighted by molar-refractivity contribution is 7.22. The van der Waals surface area contributed by atoms with Gasteiger partial charge < -0.3 is 10.1 Å². The normalized spacial score (nSPS) is 20.8. The van der Waals surface area contributed by atoms with Crippen LogP contribution in [0.2, 0.25) is 0 Å². The van der Waals surface area contributed by atoms with Gasteiger partial charge in [-0.2, -0.15) is 0 Å².